The fourth-order valence-corrected chi connectivity index (χ4v) is 3.18. The van der Waals surface area contributed by atoms with Gasteiger partial charge in [0.1, 0.15) is 5.82 Å². The SMILES string of the molecule is Cc1nc(CC(CCl)c2ccccc2F)sc1C. The lowest BCUT2D eigenvalue weighted by atomic mass is 9.97. The second-order valence-corrected chi connectivity index (χ2v) is 5.92. The van der Waals surface area contributed by atoms with Gasteiger partial charge in [-0.25, -0.2) is 9.37 Å². The number of aromatic nitrogens is 1. The number of halogens is 2. The van der Waals surface area contributed by atoms with Crippen molar-refractivity contribution in [2.75, 3.05) is 5.88 Å². The first-order chi connectivity index (χ1) is 8.61. The van der Waals surface area contributed by atoms with Crippen molar-refractivity contribution in [3.63, 3.8) is 0 Å². The second kappa shape index (κ2) is 5.81. The molecule has 4 heteroatoms. The highest BCUT2D eigenvalue weighted by atomic mass is 35.5. The molecule has 0 N–H and O–H groups in total. The van der Waals surface area contributed by atoms with Gasteiger partial charge in [-0.1, -0.05) is 18.2 Å². The average molecular weight is 284 g/mol. The molecule has 1 unspecified atom stereocenters. The average Bonchev–Trinajstić information content (AvgIpc) is 2.66. The van der Waals surface area contributed by atoms with Crippen molar-refractivity contribution in [2.24, 2.45) is 0 Å². The van der Waals surface area contributed by atoms with Gasteiger partial charge in [0.2, 0.25) is 0 Å². The molecule has 0 saturated carbocycles. The van der Waals surface area contributed by atoms with Crippen molar-refractivity contribution in [1.29, 1.82) is 0 Å². The largest absolute Gasteiger partial charge is 0.246 e. The summed E-state index contributed by atoms with van der Waals surface area (Å²) in [6.07, 6.45) is 0.698. The van der Waals surface area contributed by atoms with Crippen LogP contribution in [0.4, 0.5) is 4.39 Å². The minimum atomic E-state index is -0.187. The minimum absolute atomic E-state index is 0.0159. The van der Waals surface area contributed by atoms with Crippen molar-refractivity contribution in [1.82, 2.24) is 4.98 Å². The van der Waals surface area contributed by atoms with Crippen LogP contribution in [0.2, 0.25) is 0 Å². The number of thiazole rings is 1. The third kappa shape index (κ3) is 2.90. The summed E-state index contributed by atoms with van der Waals surface area (Å²) < 4.78 is 13.7. The number of nitrogens with zero attached hydrogens (tertiary/aromatic N) is 1. The Bertz CT molecular complexity index is 519. The molecule has 0 aliphatic carbocycles. The zero-order valence-electron chi connectivity index (χ0n) is 10.4. The first-order valence-electron chi connectivity index (χ1n) is 5.85. The Labute approximate surface area is 116 Å². The van der Waals surface area contributed by atoms with Crippen molar-refractivity contribution < 1.29 is 4.39 Å². The van der Waals surface area contributed by atoms with E-state index in [1.165, 1.54) is 10.9 Å². The molecule has 1 aromatic heterocycles. The standard InChI is InChI=1S/C14H15ClFNS/c1-9-10(2)18-14(17-9)7-11(8-15)12-5-3-4-6-13(12)16/h3-6,11H,7-8H2,1-2H3. The molecule has 2 rings (SSSR count). The van der Waals surface area contributed by atoms with Gasteiger partial charge in [0.05, 0.1) is 10.7 Å². The first-order valence-corrected chi connectivity index (χ1v) is 7.20. The van der Waals surface area contributed by atoms with E-state index in [1.807, 2.05) is 13.0 Å². The minimum Gasteiger partial charge on any atom is -0.246 e. The Morgan fingerprint density at radius 3 is 2.61 bits per heavy atom. The first kappa shape index (κ1) is 13.5. The highest BCUT2D eigenvalue weighted by Gasteiger charge is 2.17. The summed E-state index contributed by atoms with van der Waals surface area (Å²) in [5.41, 5.74) is 1.73. The predicted molar refractivity (Wildman–Crippen MR) is 75.2 cm³/mol. The monoisotopic (exact) mass is 283 g/mol. The molecule has 0 spiro atoms. The molecule has 0 aliphatic heterocycles. The van der Waals surface area contributed by atoms with E-state index in [9.17, 15) is 4.39 Å². The van der Waals surface area contributed by atoms with E-state index in [2.05, 4.69) is 11.9 Å². The lowest BCUT2D eigenvalue weighted by Crippen LogP contribution is -2.06. The smallest absolute Gasteiger partial charge is 0.126 e. The van der Waals surface area contributed by atoms with E-state index in [0.29, 0.717) is 17.9 Å². The lowest BCUT2D eigenvalue weighted by Gasteiger charge is -2.13. The van der Waals surface area contributed by atoms with Gasteiger partial charge in [0.15, 0.2) is 0 Å². The molecule has 2 aromatic rings. The Balaban J connectivity index is 2.22. The van der Waals surface area contributed by atoms with Crippen LogP contribution in [-0.2, 0) is 6.42 Å². The normalized spacial score (nSPS) is 12.7. The van der Waals surface area contributed by atoms with Gasteiger partial charge in [0, 0.05) is 23.1 Å². The topological polar surface area (TPSA) is 12.9 Å². The fraction of sp³-hybridized carbons (Fsp3) is 0.357. The van der Waals surface area contributed by atoms with Crippen molar-refractivity contribution in [3.05, 3.63) is 51.2 Å². The summed E-state index contributed by atoms with van der Waals surface area (Å²) in [7, 11) is 0. The van der Waals surface area contributed by atoms with Crippen LogP contribution in [0.5, 0.6) is 0 Å². The molecular weight excluding hydrogens is 269 g/mol. The number of aryl methyl sites for hydroxylation is 2. The predicted octanol–water partition coefficient (Wildman–Crippen LogP) is 4.46. The molecule has 1 atom stereocenters. The van der Waals surface area contributed by atoms with Crippen molar-refractivity contribution in [2.45, 2.75) is 26.2 Å². The van der Waals surface area contributed by atoms with Crippen LogP contribution >= 0.6 is 22.9 Å². The number of rotatable bonds is 4. The third-order valence-corrected chi connectivity index (χ3v) is 4.49. The molecule has 0 aliphatic rings. The molecule has 1 aromatic carbocycles. The number of benzene rings is 1. The van der Waals surface area contributed by atoms with E-state index in [1.54, 1.807) is 23.5 Å². The van der Waals surface area contributed by atoms with Crippen LogP contribution in [0.25, 0.3) is 0 Å². The second-order valence-electron chi connectivity index (χ2n) is 4.33. The zero-order valence-corrected chi connectivity index (χ0v) is 12.0. The molecule has 0 fully saturated rings. The van der Waals surface area contributed by atoms with Crippen molar-refractivity contribution >= 4 is 22.9 Å². The summed E-state index contributed by atoms with van der Waals surface area (Å²) >= 11 is 7.65. The van der Waals surface area contributed by atoms with E-state index in [0.717, 1.165) is 10.7 Å². The third-order valence-electron chi connectivity index (χ3n) is 3.03. The molecule has 0 saturated heterocycles. The Morgan fingerprint density at radius 1 is 1.33 bits per heavy atom. The molecule has 18 heavy (non-hydrogen) atoms. The highest BCUT2D eigenvalue weighted by molar-refractivity contribution is 7.11. The molecule has 1 heterocycles. The van der Waals surface area contributed by atoms with Gasteiger partial charge >= 0.3 is 0 Å². The van der Waals surface area contributed by atoms with Gasteiger partial charge in [0.25, 0.3) is 0 Å². The maximum Gasteiger partial charge on any atom is 0.126 e. The Hall–Kier alpha value is -0.930. The van der Waals surface area contributed by atoms with E-state index < -0.39 is 0 Å². The summed E-state index contributed by atoms with van der Waals surface area (Å²) in [6.45, 7) is 4.05. The number of hydrogen-bond donors (Lipinski definition) is 0. The Kier molecular flexibility index (Phi) is 4.36. The van der Waals surface area contributed by atoms with E-state index in [4.69, 9.17) is 11.6 Å². The molecule has 0 bridgehead atoms. The van der Waals surface area contributed by atoms with Crippen LogP contribution in [0, 0.1) is 19.7 Å². The fourth-order valence-electron chi connectivity index (χ4n) is 1.89. The maximum atomic E-state index is 13.7. The summed E-state index contributed by atoms with van der Waals surface area (Å²) in [5.74, 6) is 0.199. The van der Waals surface area contributed by atoms with Gasteiger partial charge in [-0.15, -0.1) is 22.9 Å². The molecule has 96 valence electrons. The van der Waals surface area contributed by atoms with Crippen LogP contribution in [0.15, 0.2) is 24.3 Å². The maximum absolute atomic E-state index is 13.7. The molecule has 1 nitrogen and oxygen atoms in total. The molecule has 0 amide bonds. The summed E-state index contributed by atoms with van der Waals surface area (Å²) in [4.78, 5) is 5.71. The van der Waals surface area contributed by atoms with Gasteiger partial charge in [-0.2, -0.15) is 0 Å². The van der Waals surface area contributed by atoms with E-state index >= 15 is 0 Å². The van der Waals surface area contributed by atoms with E-state index in [-0.39, 0.29) is 11.7 Å². The Morgan fingerprint density at radius 2 is 2.06 bits per heavy atom. The van der Waals surface area contributed by atoms with Crippen LogP contribution in [0.1, 0.15) is 27.1 Å². The van der Waals surface area contributed by atoms with Crippen LogP contribution in [-0.4, -0.2) is 10.9 Å². The van der Waals surface area contributed by atoms with Gasteiger partial charge in [-0.3, -0.25) is 0 Å². The number of hydrogen-bond acceptors (Lipinski definition) is 2. The molecular formula is C14H15ClFNS. The highest BCUT2D eigenvalue weighted by Crippen LogP contribution is 2.27. The zero-order chi connectivity index (χ0) is 13.1. The van der Waals surface area contributed by atoms with Crippen molar-refractivity contribution in [3.8, 4) is 0 Å². The summed E-state index contributed by atoms with van der Waals surface area (Å²) in [6, 6.07) is 6.82. The number of alkyl halides is 1. The quantitative estimate of drug-likeness (QED) is 0.755. The molecule has 0 radical (unpaired) electrons. The van der Waals surface area contributed by atoms with Gasteiger partial charge in [-0.05, 0) is 25.5 Å². The van der Waals surface area contributed by atoms with Crippen LogP contribution < -0.4 is 0 Å². The van der Waals surface area contributed by atoms with Gasteiger partial charge < -0.3 is 0 Å². The summed E-state index contributed by atoms with van der Waals surface area (Å²) in [5, 5.41) is 1.03. The lowest BCUT2D eigenvalue weighted by molar-refractivity contribution is 0.588. The van der Waals surface area contributed by atoms with Crippen LogP contribution in [0.3, 0.4) is 0 Å².